The average Bonchev–Trinajstić information content (AvgIpc) is 2.69. The van der Waals surface area contributed by atoms with E-state index in [4.69, 9.17) is 5.73 Å². The summed E-state index contributed by atoms with van der Waals surface area (Å²) in [6, 6.07) is 2.09. The molecule has 1 aromatic heterocycles. The molecule has 3 heteroatoms. The quantitative estimate of drug-likeness (QED) is 0.881. The molecular weight excluding hydrogens is 240 g/mol. The number of aromatic nitrogens is 1. The summed E-state index contributed by atoms with van der Waals surface area (Å²) in [5, 5.41) is 0. The van der Waals surface area contributed by atoms with Crippen LogP contribution < -0.4 is 5.73 Å². The molecule has 0 unspecified atom stereocenters. The van der Waals surface area contributed by atoms with Crippen molar-refractivity contribution in [2.45, 2.75) is 19.8 Å². The Morgan fingerprint density at radius 2 is 2.29 bits per heavy atom. The third kappa shape index (κ3) is 1.39. The van der Waals surface area contributed by atoms with Gasteiger partial charge in [0.05, 0.1) is 0 Å². The van der Waals surface area contributed by atoms with E-state index >= 15 is 0 Å². The molecule has 14 heavy (non-hydrogen) atoms. The molecule has 1 saturated carbocycles. The highest BCUT2D eigenvalue weighted by Crippen LogP contribution is 2.64. The molecule has 2 nitrogen and oxygen atoms in total. The first-order valence-electron chi connectivity index (χ1n) is 4.88. The smallest absolute Gasteiger partial charge is 0.0413 e. The maximum Gasteiger partial charge on any atom is 0.0413 e. The van der Waals surface area contributed by atoms with E-state index in [9.17, 15) is 0 Å². The molecule has 0 aliphatic heterocycles. The van der Waals surface area contributed by atoms with Crippen molar-refractivity contribution in [1.82, 2.24) is 4.98 Å². The van der Waals surface area contributed by atoms with Crippen LogP contribution in [0.25, 0.3) is 0 Å². The Bertz CT molecular complexity index is 349. The first-order valence-corrected chi connectivity index (χ1v) is 5.67. The van der Waals surface area contributed by atoms with Gasteiger partial charge in [-0.25, -0.2) is 0 Å². The lowest BCUT2D eigenvalue weighted by atomic mass is 10.0. The van der Waals surface area contributed by atoms with Gasteiger partial charge in [0.2, 0.25) is 0 Å². The van der Waals surface area contributed by atoms with Gasteiger partial charge in [0.1, 0.15) is 0 Å². The lowest BCUT2D eigenvalue weighted by Gasteiger charge is -2.04. The van der Waals surface area contributed by atoms with Gasteiger partial charge in [-0.05, 0) is 51.4 Å². The van der Waals surface area contributed by atoms with E-state index in [1.54, 1.807) is 0 Å². The molecule has 1 aliphatic rings. The number of rotatable bonds is 2. The maximum absolute atomic E-state index is 5.76. The van der Waals surface area contributed by atoms with Crippen molar-refractivity contribution < 1.29 is 0 Å². The number of pyridine rings is 1. The van der Waals surface area contributed by atoms with Crippen molar-refractivity contribution >= 4 is 15.9 Å². The summed E-state index contributed by atoms with van der Waals surface area (Å²) in [7, 11) is 0. The molecule has 1 aromatic rings. The zero-order valence-corrected chi connectivity index (χ0v) is 10.1. The summed E-state index contributed by atoms with van der Waals surface area (Å²) < 4.78 is 1.11. The zero-order valence-electron chi connectivity index (χ0n) is 8.50. The predicted molar refractivity (Wildman–Crippen MR) is 61.0 cm³/mol. The first kappa shape index (κ1) is 10.1. The Kier molecular flexibility index (Phi) is 2.40. The summed E-state index contributed by atoms with van der Waals surface area (Å²) >= 11 is 3.54. The van der Waals surface area contributed by atoms with Crippen molar-refractivity contribution in [2.75, 3.05) is 6.54 Å². The Balaban J connectivity index is 2.31. The fourth-order valence-corrected chi connectivity index (χ4v) is 2.94. The highest BCUT2D eigenvalue weighted by Gasteiger charge is 2.57. The molecular formula is C11H15BrN2. The zero-order chi connectivity index (χ0) is 10.3. The normalized spacial score (nSPS) is 28.9. The largest absolute Gasteiger partial charge is 0.330 e. The number of halogens is 1. The van der Waals surface area contributed by atoms with Gasteiger partial charge in [0.25, 0.3) is 0 Å². The SMILES string of the molecule is CC1(C)[C@H](CN)[C@H]1c1ccncc1Br. The second-order valence-electron chi connectivity index (χ2n) is 4.54. The molecule has 2 rings (SSSR count). The predicted octanol–water partition coefficient (Wildman–Crippen LogP) is 2.54. The lowest BCUT2D eigenvalue weighted by molar-refractivity contribution is 0.558. The molecule has 0 spiro atoms. The Hall–Kier alpha value is -0.410. The average molecular weight is 255 g/mol. The summed E-state index contributed by atoms with van der Waals surface area (Å²) in [4.78, 5) is 4.08. The van der Waals surface area contributed by atoms with Crippen LogP contribution in [0, 0.1) is 11.3 Å². The topological polar surface area (TPSA) is 38.9 Å². The fraction of sp³-hybridized carbons (Fsp3) is 0.545. The van der Waals surface area contributed by atoms with Crippen LogP contribution >= 0.6 is 15.9 Å². The minimum absolute atomic E-state index is 0.346. The number of nitrogens with zero attached hydrogens (tertiary/aromatic N) is 1. The van der Waals surface area contributed by atoms with Gasteiger partial charge in [-0.1, -0.05) is 13.8 Å². The van der Waals surface area contributed by atoms with Crippen LogP contribution in [-0.4, -0.2) is 11.5 Å². The molecule has 1 fully saturated rings. The molecule has 0 aromatic carbocycles. The van der Waals surface area contributed by atoms with E-state index in [2.05, 4.69) is 40.8 Å². The van der Waals surface area contributed by atoms with E-state index in [0.717, 1.165) is 11.0 Å². The van der Waals surface area contributed by atoms with Crippen molar-refractivity contribution in [3.63, 3.8) is 0 Å². The van der Waals surface area contributed by atoms with Crippen LogP contribution in [-0.2, 0) is 0 Å². The van der Waals surface area contributed by atoms with Gasteiger partial charge in [0, 0.05) is 16.9 Å². The van der Waals surface area contributed by atoms with Crippen LogP contribution in [0.4, 0.5) is 0 Å². The fourth-order valence-electron chi connectivity index (χ4n) is 2.44. The Morgan fingerprint density at radius 1 is 1.57 bits per heavy atom. The van der Waals surface area contributed by atoms with Gasteiger partial charge in [-0.3, -0.25) is 4.98 Å². The van der Waals surface area contributed by atoms with Crippen molar-refractivity contribution in [3.8, 4) is 0 Å². The Morgan fingerprint density at radius 3 is 2.79 bits per heavy atom. The number of nitrogens with two attached hydrogens (primary N) is 1. The van der Waals surface area contributed by atoms with Crippen LogP contribution in [0.5, 0.6) is 0 Å². The molecule has 2 atom stereocenters. The van der Waals surface area contributed by atoms with Gasteiger partial charge in [-0.2, -0.15) is 0 Å². The molecule has 2 N–H and O–H groups in total. The highest BCUT2D eigenvalue weighted by atomic mass is 79.9. The summed E-state index contributed by atoms with van der Waals surface area (Å²) in [5.74, 6) is 1.20. The first-order chi connectivity index (χ1) is 6.59. The van der Waals surface area contributed by atoms with Crippen LogP contribution in [0.3, 0.4) is 0 Å². The van der Waals surface area contributed by atoms with Gasteiger partial charge < -0.3 is 5.73 Å². The van der Waals surface area contributed by atoms with Crippen molar-refractivity contribution in [2.24, 2.45) is 17.1 Å². The van der Waals surface area contributed by atoms with E-state index in [-0.39, 0.29) is 0 Å². The molecule has 0 bridgehead atoms. The highest BCUT2D eigenvalue weighted by molar-refractivity contribution is 9.10. The number of hydrogen-bond acceptors (Lipinski definition) is 2. The molecule has 0 radical (unpaired) electrons. The van der Waals surface area contributed by atoms with Crippen molar-refractivity contribution in [1.29, 1.82) is 0 Å². The van der Waals surface area contributed by atoms with E-state index in [1.165, 1.54) is 5.56 Å². The van der Waals surface area contributed by atoms with Crippen LogP contribution in [0.1, 0.15) is 25.3 Å². The van der Waals surface area contributed by atoms with E-state index in [0.29, 0.717) is 17.3 Å². The van der Waals surface area contributed by atoms with Crippen LogP contribution in [0.15, 0.2) is 22.9 Å². The standard InChI is InChI=1S/C11H15BrN2/c1-11(2)8(5-13)10(11)7-3-4-14-6-9(7)12/h3-4,6,8,10H,5,13H2,1-2H3/t8-,10-/m1/s1. The molecule has 0 amide bonds. The number of hydrogen-bond donors (Lipinski definition) is 1. The minimum atomic E-state index is 0.346. The second-order valence-corrected chi connectivity index (χ2v) is 5.39. The van der Waals surface area contributed by atoms with Crippen LogP contribution in [0.2, 0.25) is 0 Å². The molecule has 1 aliphatic carbocycles. The monoisotopic (exact) mass is 254 g/mol. The molecule has 0 saturated heterocycles. The maximum atomic E-state index is 5.76. The van der Waals surface area contributed by atoms with Gasteiger partial charge >= 0.3 is 0 Å². The third-order valence-corrected chi connectivity index (χ3v) is 4.11. The van der Waals surface area contributed by atoms with Gasteiger partial charge in [-0.15, -0.1) is 0 Å². The van der Waals surface area contributed by atoms with E-state index in [1.807, 2.05) is 12.4 Å². The molecule has 76 valence electrons. The lowest BCUT2D eigenvalue weighted by Crippen LogP contribution is -2.05. The Labute approximate surface area is 93.0 Å². The minimum Gasteiger partial charge on any atom is -0.330 e. The summed E-state index contributed by atoms with van der Waals surface area (Å²) in [6.07, 6.45) is 3.71. The van der Waals surface area contributed by atoms with E-state index < -0.39 is 0 Å². The third-order valence-electron chi connectivity index (χ3n) is 3.44. The van der Waals surface area contributed by atoms with Gasteiger partial charge in [0.15, 0.2) is 0 Å². The second kappa shape index (κ2) is 3.31. The van der Waals surface area contributed by atoms with Crippen molar-refractivity contribution in [3.05, 3.63) is 28.5 Å². The summed E-state index contributed by atoms with van der Waals surface area (Å²) in [6.45, 7) is 5.33. The summed E-state index contributed by atoms with van der Waals surface area (Å²) in [5.41, 5.74) is 7.45. The molecule has 1 heterocycles.